The van der Waals surface area contributed by atoms with Crippen LogP contribution in [0.15, 0.2) is 96.0 Å². The van der Waals surface area contributed by atoms with E-state index >= 15 is 0 Å². The van der Waals surface area contributed by atoms with Crippen LogP contribution in [0.3, 0.4) is 0 Å². The zero-order chi connectivity index (χ0) is 26.9. The molecule has 0 aromatic heterocycles. The van der Waals surface area contributed by atoms with E-state index in [1.165, 1.54) is 22.4 Å². The predicted octanol–water partition coefficient (Wildman–Crippen LogP) is 10.1. The summed E-state index contributed by atoms with van der Waals surface area (Å²) < 4.78 is 6.07. The minimum absolute atomic E-state index is 0.255. The van der Waals surface area contributed by atoms with Crippen molar-refractivity contribution >= 4 is 52.4 Å². The number of allylic oxidation sites excluding steroid dienone is 2. The van der Waals surface area contributed by atoms with Gasteiger partial charge in [0.05, 0.1) is 11.7 Å². The molecule has 1 aliphatic carbocycles. The van der Waals surface area contributed by atoms with Gasteiger partial charge in [0.25, 0.3) is 0 Å². The second-order valence-corrected chi connectivity index (χ2v) is 11.4. The van der Waals surface area contributed by atoms with Crippen molar-refractivity contribution in [2.75, 3.05) is 5.32 Å². The van der Waals surface area contributed by atoms with E-state index in [4.69, 9.17) is 44.5 Å². The van der Waals surface area contributed by atoms with Crippen LogP contribution in [-0.2, 0) is 6.61 Å². The number of aryl methyl sites for hydroxylation is 1. The third kappa shape index (κ3) is 5.58. The number of hydrogen-bond donors (Lipinski definition) is 1. The average molecular weight is 574 g/mol. The predicted molar refractivity (Wildman–Crippen MR) is 163 cm³/mol. The Kier molecular flexibility index (Phi) is 7.40. The summed E-state index contributed by atoms with van der Waals surface area (Å²) in [5, 5.41) is 5.58. The topological polar surface area (TPSA) is 33.6 Å². The number of benzene rings is 4. The van der Waals surface area contributed by atoms with E-state index in [1.807, 2.05) is 18.2 Å². The number of anilines is 1. The number of halogens is 3. The molecular formula is C33H27Cl3N2O. The lowest BCUT2D eigenvalue weighted by Crippen LogP contribution is -2.29. The Hall–Kier alpha value is -3.24. The molecule has 4 aromatic rings. The van der Waals surface area contributed by atoms with Crippen LogP contribution in [0.5, 0.6) is 5.75 Å². The second kappa shape index (κ2) is 11.1. The van der Waals surface area contributed by atoms with Crippen molar-refractivity contribution in [3.05, 3.63) is 134 Å². The minimum Gasteiger partial charge on any atom is -0.488 e. The summed E-state index contributed by atoms with van der Waals surface area (Å²) in [6.07, 6.45) is 7.56. The summed E-state index contributed by atoms with van der Waals surface area (Å²) in [6.45, 7) is 2.47. The normalized spacial score (nSPS) is 19.5. The summed E-state index contributed by atoms with van der Waals surface area (Å²) in [6, 6.07) is 26.3. The molecule has 0 amide bonds. The molecular weight excluding hydrogens is 547 g/mol. The Bertz CT molecular complexity index is 1580. The van der Waals surface area contributed by atoms with Crippen molar-refractivity contribution in [3.8, 4) is 5.75 Å². The van der Waals surface area contributed by atoms with E-state index in [9.17, 15) is 0 Å². The number of hydrogen-bond acceptors (Lipinski definition) is 3. The zero-order valence-electron chi connectivity index (χ0n) is 21.4. The molecule has 3 nitrogen and oxygen atoms in total. The van der Waals surface area contributed by atoms with Crippen LogP contribution < -0.4 is 10.1 Å². The molecule has 4 aromatic carbocycles. The highest BCUT2D eigenvalue weighted by atomic mass is 35.5. The van der Waals surface area contributed by atoms with Crippen LogP contribution in [0.25, 0.3) is 0 Å². The summed E-state index contributed by atoms with van der Waals surface area (Å²) in [4.78, 5) is 4.72. The van der Waals surface area contributed by atoms with E-state index in [-0.39, 0.29) is 6.04 Å². The first-order valence-electron chi connectivity index (χ1n) is 13.0. The molecule has 0 radical (unpaired) electrons. The molecule has 1 heterocycles. The van der Waals surface area contributed by atoms with Crippen LogP contribution in [0.2, 0.25) is 15.1 Å². The Morgan fingerprint density at radius 2 is 1.72 bits per heavy atom. The van der Waals surface area contributed by atoms with Crippen molar-refractivity contribution in [3.63, 3.8) is 0 Å². The molecule has 1 N–H and O–H groups in total. The highest BCUT2D eigenvalue weighted by Crippen LogP contribution is 2.50. The second-order valence-electron chi connectivity index (χ2n) is 10.1. The van der Waals surface area contributed by atoms with Gasteiger partial charge in [0.15, 0.2) is 0 Å². The zero-order valence-corrected chi connectivity index (χ0v) is 23.6. The maximum atomic E-state index is 6.31. The van der Waals surface area contributed by atoms with Crippen LogP contribution in [0.1, 0.15) is 46.2 Å². The molecule has 39 heavy (non-hydrogen) atoms. The van der Waals surface area contributed by atoms with Gasteiger partial charge in [-0.25, -0.2) is 0 Å². The van der Waals surface area contributed by atoms with Gasteiger partial charge in [-0.15, -0.1) is 0 Å². The smallest absolute Gasteiger partial charge is 0.128 e. The molecule has 2 aliphatic rings. The van der Waals surface area contributed by atoms with E-state index in [0.29, 0.717) is 39.3 Å². The fourth-order valence-electron chi connectivity index (χ4n) is 5.50. The Balaban J connectivity index is 1.19. The fraction of sp³-hybridized carbons (Fsp3) is 0.182. The summed E-state index contributed by atoms with van der Waals surface area (Å²) >= 11 is 18.6. The van der Waals surface area contributed by atoms with Crippen molar-refractivity contribution < 1.29 is 4.74 Å². The third-order valence-electron chi connectivity index (χ3n) is 7.49. The third-order valence-corrected chi connectivity index (χ3v) is 8.32. The molecule has 0 saturated carbocycles. The molecule has 0 spiro atoms. The Morgan fingerprint density at radius 3 is 2.54 bits per heavy atom. The monoisotopic (exact) mass is 572 g/mol. The number of ether oxygens (including phenoxy) is 1. The molecule has 1 aliphatic heterocycles. The lowest BCUT2D eigenvalue weighted by atomic mass is 9.76. The van der Waals surface area contributed by atoms with Crippen molar-refractivity contribution in [2.45, 2.75) is 31.9 Å². The molecule has 0 bridgehead atoms. The van der Waals surface area contributed by atoms with Gasteiger partial charge in [-0.1, -0.05) is 82.9 Å². The van der Waals surface area contributed by atoms with E-state index in [1.54, 1.807) is 24.4 Å². The van der Waals surface area contributed by atoms with Crippen LogP contribution in [0, 0.1) is 12.8 Å². The SMILES string of the molecule is Cc1ccc2c(c1)[C@@H]1C=CC[C@@H]1[C@H](c1ccc(N=Cc3cc(Cl)ccc3OCc3ccc(Cl)cc3Cl)cc1)N2. The van der Waals surface area contributed by atoms with Gasteiger partial charge >= 0.3 is 0 Å². The summed E-state index contributed by atoms with van der Waals surface area (Å²) in [5.74, 6) is 1.63. The molecule has 196 valence electrons. The fourth-order valence-corrected chi connectivity index (χ4v) is 6.15. The van der Waals surface area contributed by atoms with Gasteiger partial charge in [-0.05, 0) is 78.9 Å². The van der Waals surface area contributed by atoms with Gasteiger partial charge < -0.3 is 10.1 Å². The number of nitrogens with one attached hydrogen (secondary N) is 1. The number of fused-ring (bicyclic) bond motifs is 3. The molecule has 0 saturated heterocycles. The van der Waals surface area contributed by atoms with Crippen LogP contribution in [0.4, 0.5) is 11.4 Å². The first-order chi connectivity index (χ1) is 18.9. The molecule has 6 heteroatoms. The van der Waals surface area contributed by atoms with Crippen LogP contribution in [-0.4, -0.2) is 6.21 Å². The first-order valence-corrected chi connectivity index (χ1v) is 14.1. The average Bonchev–Trinajstić information content (AvgIpc) is 3.43. The lowest BCUT2D eigenvalue weighted by molar-refractivity contribution is 0.306. The molecule has 3 atom stereocenters. The summed E-state index contributed by atoms with van der Waals surface area (Å²) in [7, 11) is 0. The molecule has 0 fully saturated rings. The number of rotatable bonds is 6. The summed E-state index contributed by atoms with van der Waals surface area (Å²) in [5.41, 5.74) is 7.71. The standard InChI is InChI=1S/C33H27Cl3N2O/c1-20-5-13-31-29(15-20)27-3-2-4-28(27)33(38-31)21-7-11-26(12-8-21)37-18-23-16-24(34)10-14-32(23)39-19-22-6-9-25(35)17-30(22)36/h2-3,5-18,27-28,33,38H,4,19H2,1H3/t27-,28+,33+/m1/s1. The molecule has 0 unspecified atom stereocenters. The van der Waals surface area contributed by atoms with Gasteiger partial charge in [0, 0.05) is 44.0 Å². The highest BCUT2D eigenvalue weighted by molar-refractivity contribution is 6.35. The molecule has 6 rings (SSSR count). The Morgan fingerprint density at radius 1 is 0.923 bits per heavy atom. The largest absolute Gasteiger partial charge is 0.488 e. The van der Waals surface area contributed by atoms with Gasteiger partial charge in [-0.2, -0.15) is 0 Å². The Labute approximate surface area is 244 Å². The van der Waals surface area contributed by atoms with E-state index in [2.05, 4.69) is 66.9 Å². The van der Waals surface area contributed by atoms with Crippen molar-refractivity contribution in [2.24, 2.45) is 10.9 Å². The van der Waals surface area contributed by atoms with Gasteiger partial charge in [-0.3, -0.25) is 4.99 Å². The minimum atomic E-state index is 0.255. The maximum Gasteiger partial charge on any atom is 0.128 e. The quantitative estimate of drug-likeness (QED) is 0.184. The first kappa shape index (κ1) is 26.0. The van der Waals surface area contributed by atoms with E-state index in [0.717, 1.165) is 23.2 Å². The lowest BCUT2D eigenvalue weighted by Gasteiger charge is -2.37. The van der Waals surface area contributed by atoms with Crippen molar-refractivity contribution in [1.29, 1.82) is 0 Å². The van der Waals surface area contributed by atoms with Crippen molar-refractivity contribution in [1.82, 2.24) is 0 Å². The van der Waals surface area contributed by atoms with Gasteiger partial charge in [0.1, 0.15) is 12.4 Å². The van der Waals surface area contributed by atoms with Crippen LogP contribution >= 0.6 is 34.8 Å². The highest BCUT2D eigenvalue weighted by Gasteiger charge is 2.37. The van der Waals surface area contributed by atoms with E-state index < -0.39 is 0 Å². The number of nitrogens with zero attached hydrogens (tertiary/aromatic N) is 1. The number of aliphatic imine (C=N–C) groups is 1. The van der Waals surface area contributed by atoms with Gasteiger partial charge in [0.2, 0.25) is 0 Å². The maximum absolute atomic E-state index is 6.31.